The molecule has 0 radical (unpaired) electrons. The maximum absolute atomic E-state index is 5.50. The van der Waals surface area contributed by atoms with Gasteiger partial charge in [0, 0.05) is 37.5 Å². The molecule has 2 heterocycles. The number of nitrogens with zero attached hydrogens (tertiary/aromatic N) is 2. The third kappa shape index (κ3) is 2.06. The van der Waals surface area contributed by atoms with Crippen LogP contribution in [0.5, 0.6) is 0 Å². The Labute approximate surface area is 107 Å². The molecule has 94 valence electrons. The number of anilines is 1. The molecule has 1 aromatic heterocycles. The summed E-state index contributed by atoms with van der Waals surface area (Å²) in [5.74, 6) is 0. The molecule has 3 nitrogen and oxygen atoms in total. The number of pyridine rings is 1. The van der Waals surface area contributed by atoms with Crippen LogP contribution in [0.1, 0.15) is 12.8 Å². The monoisotopic (exact) mass is 242 g/mol. The number of benzene rings is 1. The average Bonchev–Trinajstić information content (AvgIpc) is 2.47. The summed E-state index contributed by atoms with van der Waals surface area (Å²) in [6, 6.07) is 10.4. The lowest BCUT2D eigenvalue weighted by molar-refractivity contribution is 0.0894. The van der Waals surface area contributed by atoms with Gasteiger partial charge in [-0.25, -0.2) is 0 Å². The second kappa shape index (κ2) is 4.94. The van der Waals surface area contributed by atoms with Gasteiger partial charge in [0.15, 0.2) is 0 Å². The van der Waals surface area contributed by atoms with E-state index >= 15 is 0 Å². The molecule has 1 atom stereocenters. The van der Waals surface area contributed by atoms with E-state index in [1.807, 2.05) is 12.3 Å². The van der Waals surface area contributed by atoms with E-state index in [0.29, 0.717) is 6.10 Å². The van der Waals surface area contributed by atoms with Gasteiger partial charge in [0.2, 0.25) is 0 Å². The minimum absolute atomic E-state index is 0.352. The minimum atomic E-state index is 0.352. The van der Waals surface area contributed by atoms with E-state index in [1.165, 1.54) is 17.5 Å². The van der Waals surface area contributed by atoms with Crippen LogP contribution in [0, 0.1) is 0 Å². The number of piperidine rings is 1. The molecular weight excluding hydrogens is 224 g/mol. The van der Waals surface area contributed by atoms with Crippen molar-refractivity contribution in [3.8, 4) is 0 Å². The SMILES string of the molecule is COC1CCCN(c2ccnc3ccccc23)C1. The van der Waals surface area contributed by atoms with Gasteiger partial charge in [-0.1, -0.05) is 18.2 Å². The molecule has 2 aromatic rings. The van der Waals surface area contributed by atoms with E-state index < -0.39 is 0 Å². The van der Waals surface area contributed by atoms with E-state index in [4.69, 9.17) is 4.74 Å². The Hall–Kier alpha value is -1.61. The van der Waals surface area contributed by atoms with Gasteiger partial charge < -0.3 is 9.64 Å². The quantitative estimate of drug-likeness (QED) is 0.809. The summed E-state index contributed by atoms with van der Waals surface area (Å²) >= 11 is 0. The van der Waals surface area contributed by atoms with E-state index in [2.05, 4.69) is 34.1 Å². The van der Waals surface area contributed by atoms with Gasteiger partial charge in [0.05, 0.1) is 11.6 Å². The molecule has 3 heteroatoms. The summed E-state index contributed by atoms with van der Waals surface area (Å²) in [6.45, 7) is 2.08. The highest BCUT2D eigenvalue weighted by atomic mass is 16.5. The van der Waals surface area contributed by atoms with Crippen molar-refractivity contribution in [1.29, 1.82) is 0 Å². The first-order chi connectivity index (χ1) is 8.88. The van der Waals surface area contributed by atoms with E-state index in [1.54, 1.807) is 7.11 Å². The Morgan fingerprint density at radius 1 is 1.28 bits per heavy atom. The molecule has 0 N–H and O–H groups in total. The Balaban J connectivity index is 1.98. The molecule has 0 spiro atoms. The van der Waals surface area contributed by atoms with Gasteiger partial charge >= 0.3 is 0 Å². The number of methoxy groups -OCH3 is 1. The van der Waals surface area contributed by atoms with Gasteiger partial charge in [0.1, 0.15) is 0 Å². The van der Waals surface area contributed by atoms with Crippen LogP contribution in [0.3, 0.4) is 0 Å². The van der Waals surface area contributed by atoms with Gasteiger partial charge in [-0.05, 0) is 25.0 Å². The smallest absolute Gasteiger partial charge is 0.0746 e. The maximum atomic E-state index is 5.50. The lowest BCUT2D eigenvalue weighted by atomic mass is 10.1. The molecule has 1 aliphatic rings. The highest BCUT2D eigenvalue weighted by molar-refractivity contribution is 5.91. The Morgan fingerprint density at radius 2 is 2.17 bits per heavy atom. The van der Waals surface area contributed by atoms with Gasteiger partial charge in [-0.15, -0.1) is 0 Å². The number of fused-ring (bicyclic) bond motifs is 1. The van der Waals surface area contributed by atoms with Crippen LogP contribution in [-0.4, -0.2) is 31.3 Å². The van der Waals surface area contributed by atoms with Crippen LogP contribution in [0.25, 0.3) is 10.9 Å². The molecule has 0 saturated carbocycles. The second-order valence-corrected chi connectivity index (χ2v) is 4.79. The molecule has 1 fully saturated rings. The van der Waals surface area contributed by atoms with Crippen LogP contribution in [0.4, 0.5) is 5.69 Å². The first-order valence-electron chi connectivity index (χ1n) is 6.50. The zero-order valence-corrected chi connectivity index (χ0v) is 10.7. The number of para-hydroxylation sites is 1. The van der Waals surface area contributed by atoms with E-state index in [-0.39, 0.29) is 0 Å². The lowest BCUT2D eigenvalue weighted by Crippen LogP contribution is -2.39. The standard InChI is InChI=1S/C15H18N2O/c1-18-12-5-4-10-17(11-12)15-8-9-16-14-7-3-2-6-13(14)15/h2-3,6-9,12H,4-5,10-11H2,1H3. The fourth-order valence-corrected chi connectivity index (χ4v) is 2.71. The predicted molar refractivity (Wildman–Crippen MR) is 74.0 cm³/mol. The first kappa shape index (κ1) is 11.5. The molecule has 1 aromatic carbocycles. The van der Waals surface area contributed by atoms with Crippen LogP contribution in [-0.2, 0) is 4.74 Å². The average molecular weight is 242 g/mol. The number of aromatic nitrogens is 1. The topological polar surface area (TPSA) is 25.4 Å². The van der Waals surface area contributed by atoms with Crippen molar-refractivity contribution < 1.29 is 4.74 Å². The summed E-state index contributed by atoms with van der Waals surface area (Å²) in [5.41, 5.74) is 2.34. The van der Waals surface area contributed by atoms with Crippen LogP contribution >= 0.6 is 0 Å². The van der Waals surface area contributed by atoms with Crippen molar-refractivity contribution in [2.75, 3.05) is 25.1 Å². The van der Waals surface area contributed by atoms with Crippen LogP contribution in [0.2, 0.25) is 0 Å². The van der Waals surface area contributed by atoms with E-state index in [9.17, 15) is 0 Å². The normalized spacial score (nSPS) is 20.3. The third-order valence-corrected chi connectivity index (χ3v) is 3.68. The van der Waals surface area contributed by atoms with Gasteiger partial charge in [-0.2, -0.15) is 0 Å². The second-order valence-electron chi connectivity index (χ2n) is 4.79. The first-order valence-corrected chi connectivity index (χ1v) is 6.50. The molecule has 3 rings (SSSR count). The van der Waals surface area contributed by atoms with Gasteiger partial charge in [0.25, 0.3) is 0 Å². The summed E-state index contributed by atoms with van der Waals surface area (Å²) < 4.78 is 5.50. The van der Waals surface area contributed by atoms with Gasteiger partial charge in [-0.3, -0.25) is 4.98 Å². The van der Waals surface area contributed by atoms with Crippen molar-refractivity contribution in [2.24, 2.45) is 0 Å². The highest BCUT2D eigenvalue weighted by Gasteiger charge is 2.20. The van der Waals surface area contributed by atoms with Crippen molar-refractivity contribution in [1.82, 2.24) is 4.98 Å². The Morgan fingerprint density at radius 3 is 3.06 bits per heavy atom. The highest BCUT2D eigenvalue weighted by Crippen LogP contribution is 2.28. The number of hydrogen-bond acceptors (Lipinski definition) is 3. The number of rotatable bonds is 2. The molecule has 1 saturated heterocycles. The molecule has 18 heavy (non-hydrogen) atoms. The van der Waals surface area contributed by atoms with Crippen molar-refractivity contribution >= 4 is 16.6 Å². The minimum Gasteiger partial charge on any atom is -0.380 e. The predicted octanol–water partition coefficient (Wildman–Crippen LogP) is 2.85. The summed E-state index contributed by atoms with van der Waals surface area (Å²) in [6.07, 6.45) is 4.60. The molecule has 0 bridgehead atoms. The molecule has 1 aliphatic heterocycles. The van der Waals surface area contributed by atoms with Crippen molar-refractivity contribution in [2.45, 2.75) is 18.9 Å². The number of hydrogen-bond donors (Lipinski definition) is 0. The maximum Gasteiger partial charge on any atom is 0.0746 e. The van der Waals surface area contributed by atoms with Crippen molar-refractivity contribution in [3.05, 3.63) is 36.5 Å². The lowest BCUT2D eigenvalue weighted by Gasteiger charge is -2.34. The molecular formula is C15H18N2O. The molecule has 1 unspecified atom stereocenters. The fraction of sp³-hybridized carbons (Fsp3) is 0.400. The molecule has 0 aliphatic carbocycles. The Kier molecular flexibility index (Phi) is 3.15. The van der Waals surface area contributed by atoms with E-state index in [0.717, 1.165) is 25.0 Å². The fourth-order valence-electron chi connectivity index (χ4n) is 2.71. The number of ether oxygens (including phenoxy) is 1. The third-order valence-electron chi connectivity index (χ3n) is 3.68. The Bertz CT molecular complexity index is 536. The van der Waals surface area contributed by atoms with Crippen LogP contribution in [0.15, 0.2) is 36.5 Å². The summed E-state index contributed by atoms with van der Waals surface area (Å²) in [4.78, 5) is 6.84. The largest absolute Gasteiger partial charge is 0.380 e. The molecule has 0 amide bonds. The van der Waals surface area contributed by atoms with Crippen LogP contribution < -0.4 is 4.90 Å². The summed E-state index contributed by atoms with van der Waals surface area (Å²) in [7, 11) is 1.80. The zero-order valence-electron chi connectivity index (χ0n) is 10.7. The van der Waals surface area contributed by atoms with Crippen molar-refractivity contribution in [3.63, 3.8) is 0 Å². The summed E-state index contributed by atoms with van der Waals surface area (Å²) in [5, 5.41) is 1.23. The zero-order chi connectivity index (χ0) is 12.4.